The molecule has 2 heterocycles. The predicted molar refractivity (Wildman–Crippen MR) is 98.1 cm³/mol. The lowest BCUT2D eigenvalue weighted by Gasteiger charge is -2.35. The molecular formula is C20H23N3O. The molecule has 4 rings (SSSR count). The Morgan fingerprint density at radius 2 is 1.79 bits per heavy atom. The first-order valence-corrected chi connectivity index (χ1v) is 8.72. The summed E-state index contributed by atoms with van der Waals surface area (Å²) in [5, 5.41) is 3.34. The molecule has 0 bridgehead atoms. The highest BCUT2D eigenvalue weighted by molar-refractivity contribution is 5.98. The lowest BCUT2D eigenvalue weighted by atomic mass is 10.0. The zero-order valence-electron chi connectivity index (χ0n) is 13.9. The highest BCUT2D eigenvalue weighted by Gasteiger charge is 2.20. The SMILES string of the molecule is O=C(CN1CCN(c2ccccc2)CC1)c1ccc2c(c1)CCN2. The number of piperazine rings is 1. The van der Waals surface area contributed by atoms with Crippen LogP contribution in [0.2, 0.25) is 0 Å². The fourth-order valence-corrected chi connectivity index (χ4v) is 3.58. The Balaban J connectivity index is 1.34. The number of anilines is 2. The number of para-hydroxylation sites is 1. The number of rotatable bonds is 4. The van der Waals surface area contributed by atoms with E-state index in [4.69, 9.17) is 0 Å². The maximum atomic E-state index is 12.6. The quantitative estimate of drug-likeness (QED) is 0.878. The van der Waals surface area contributed by atoms with E-state index in [1.807, 2.05) is 18.2 Å². The second kappa shape index (κ2) is 6.65. The Morgan fingerprint density at radius 3 is 2.58 bits per heavy atom. The lowest BCUT2D eigenvalue weighted by Crippen LogP contribution is -2.48. The van der Waals surface area contributed by atoms with E-state index in [0.29, 0.717) is 6.54 Å². The van der Waals surface area contributed by atoms with Gasteiger partial charge in [-0.15, -0.1) is 0 Å². The summed E-state index contributed by atoms with van der Waals surface area (Å²) in [5.74, 6) is 0.234. The van der Waals surface area contributed by atoms with Gasteiger partial charge in [-0.05, 0) is 42.3 Å². The molecule has 0 aliphatic carbocycles. The van der Waals surface area contributed by atoms with Gasteiger partial charge < -0.3 is 10.2 Å². The van der Waals surface area contributed by atoms with Gasteiger partial charge in [0.1, 0.15) is 0 Å². The number of ketones is 1. The molecule has 0 radical (unpaired) electrons. The van der Waals surface area contributed by atoms with Crippen molar-refractivity contribution in [3.05, 3.63) is 59.7 Å². The smallest absolute Gasteiger partial charge is 0.176 e. The molecule has 0 atom stereocenters. The van der Waals surface area contributed by atoms with Crippen LogP contribution in [-0.2, 0) is 6.42 Å². The summed E-state index contributed by atoms with van der Waals surface area (Å²) >= 11 is 0. The first kappa shape index (κ1) is 15.2. The van der Waals surface area contributed by atoms with Gasteiger partial charge in [0, 0.05) is 49.7 Å². The van der Waals surface area contributed by atoms with Crippen molar-refractivity contribution in [3.8, 4) is 0 Å². The molecule has 2 aliphatic rings. The van der Waals surface area contributed by atoms with E-state index in [-0.39, 0.29) is 5.78 Å². The second-order valence-electron chi connectivity index (χ2n) is 6.57. The summed E-state index contributed by atoms with van der Waals surface area (Å²) in [4.78, 5) is 17.3. The fraction of sp³-hybridized carbons (Fsp3) is 0.350. The lowest BCUT2D eigenvalue weighted by molar-refractivity contribution is 0.0926. The molecule has 0 aromatic heterocycles. The van der Waals surface area contributed by atoms with Crippen LogP contribution in [0.3, 0.4) is 0 Å². The van der Waals surface area contributed by atoms with Gasteiger partial charge in [0.05, 0.1) is 6.54 Å². The molecule has 2 aliphatic heterocycles. The molecule has 0 amide bonds. The summed E-state index contributed by atoms with van der Waals surface area (Å²) in [5.41, 5.74) is 4.58. The summed E-state index contributed by atoms with van der Waals surface area (Å²) in [6, 6.07) is 16.6. The zero-order chi connectivity index (χ0) is 16.4. The van der Waals surface area contributed by atoms with Crippen LogP contribution < -0.4 is 10.2 Å². The highest BCUT2D eigenvalue weighted by Crippen LogP contribution is 2.23. The average molecular weight is 321 g/mol. The van der Waals surface area contributed by atoms with Crippen molar-refractivity contribution < 1.29 is 4.79 Å². The number of carbonyl (C=O) groups excluding carboxylic acids is 1. The molecule has 4 heteroatoms. The van der Waals surface area contributed by atoms with Crippen molar-refractivity contribution in [2.24, 2.45) is 0 Å². The van der Waals surface area contributed by atoms with E-state index in [1.165, 1.54) is 16.9 Å². The van der Waals surface area contributed by atoms with Crippen molar-refractivity contribution >= 4 is 17.2 Å². The zero-order valence-corrected chi connectivity index (χ0v) is 13.9. The number of benzene rings is 2. The van der Waals surface area contributed by atoms with Crippen molar-refractivity contribution in [2.75, 3.05) is 49.5 Å². The minimum atomic E-state index is 0.234. The molecule has 1 N–H and O–H groups in total. The van der Waals surface area contributed by atoms with Crippen molar-refractivity contribution in [1.82, 2.24) is 4.90 Å². The van der Waals surface area contributed by atoms with Crippen LogP contribution in [0.1, 0.15) is 15.9 Å². The van der Waals surface area contributed by atoms with E-state index >= 15 is 0 Å². The van der Waals surface area contributed by atoms with Crippen LogP contribution in [0.15, 0.2) is 48.5 Å². The van der Waals surface area contributed by atoms with Crippen molar-refractivity contribution in [1.29, 1.82) is 0 Å². The van der Waals surface area contributed by atoms with Gasteiger partial charge in [0.2, 0.25) is 0 Å². The summed E-state index contributed by atoms with van der Waals surface area (Å²) in [6.07, 6.45) is 1.02. The first-order valence-electron chi connectivity index (χ1n) is 8.72. The number of Topliss-reactive ketones (excluding diaryl/α,β-unsaturated/α-hetero) is 1. The number of carbonyl (C=O) groups is 1. The van der Waals surface area contributed by atoms with Gasteiger partial charge in [-0.25, -0.2) is 0 Å². The first-order chi connectivity index (χ1) is 11.8. The maximum absolute atomic E-state index is 12.6. The number of nitrogens with one attached hydrogen (secondary N) is 1. The van der Waals surface area contributed by atoms with Gasteiger partial charge in [-0.3, -0.25) is 9.69 Å². The Hall–Kier alpha value is -2.33. The molecule has 0 unspecified atom stereocenters. The minimum Gasteiger partial charge on any atom is -0.384 e. The Labute approximate surface area is 143 Å². The third-order valence-electron chi connectivity index (χ3n) is 5.00. The monoisotopic (exact) mass is 321 g/mol. The van der Waals surface area contributed by atoms with Crippen LogP contribution in [0.5, 0.6) is 0 Å². The van der Waals surface area contributed by atoms with Crippen molar-refractivity contribution in [3.63, 3.8) is 0 Å². The van der Waals surface area contributed by atoms with Crippen LogP contribution in [0.25, 0.3) is 0 Å². The minimum absolute atomic E-state index is 0.234. The second-order valence-corrected chi connectivity index (χ2v) is 6.57. The van der Waals surface area contributed by atoms with Crippen LogP contribution in [0, 0.1) is 0 Å². The van der Waals surface area contributed by atoms with Crippen LogP contribution in [0.4, 0.5) is 11.4 Å². The normalized spacial score (nSPS) is 17.4. The Morgan fingerprint density at radius 1 is 1.00 bits per heavy atom. The molecule has 0 spiro atoms. The molecular weight excluding hydrogens is 298 g/mol. The summed E-state index contributed by atoms with van der Waals surface area (Å²) < 4.78 is 0. The maximum Gasteiger partial charge on any atom is 0.176 e. The van der Waals surface area contributed by atoms with Gasteiger partial charge in [-0.1, -0.05) is 18.2 Å². The van der Waals surface area contributed by atoms with E-state index in [2.05, 4.69) is 45.4 Å². The van der Waals surface area contributed by atoms with Gasteiger partial charge >= 0.3 is 0 Å². The van der Waals surface area contributed by atoms with Crippen LogP contribution >= 0.6 is 0 Å². The summed E-state index contributed by atoms with van der Waals surface area (Å²) in [6.45, 7) is 5.33. The predicted octanol–water partition coefficient (Wildman–Crippen LogP) is 2.66. The van der Waals surface area contributed by atoms with Gasteiger partial charge in [0.15, 0.2) is 5.78 Å². The molecule has 2 aromatic carbocycles. The standard InChI is InChI=1S/C20H23N3O/c24-20(17-6-7-19-16(14-17)8-9-21-19)15-22-10-12-23(13-11-22)18-4-2-1-3-5-18/h1-7,14,21H,8-13,15H2. The van der Waals surface area contributed by atoms with Gasteiger partial charge in [-0.2, -0.15) is 0 Å². The van der Waals surface area contributed by atoms with E-state index in [9.17, 15) is 4.79 Å². The number of hydrogen-bond donors (Lipinski definition) is 1. The Bertz CT molecular complexity index is 721. The third-order valence-corrected chi connectivity index (χ3v) is 5.00. The molecule has 1 fully saturated rings. The van der Waals surface area contributed by atoms with Gasteiger partial charge in [0.25, 0.3) is 0 Å². The molecule has 4 nitrogen and oxygen atoms in total. The van der Waals surface area contributed by atoms with E-state index in [0.717, 1.165) is 44.7 Å². The number of fused-ring (bicyclic) bond motifs is 1. The third kappa shape index (κ3) is 3.15. The molecule has 24 heavy (non-hydrogen) atoms. The van der Waals surface area contributed by atoms with E-state index < -0.39 is 0 Å². The van der Waals surface area contributed by atoms with E-state index in [1.54, 1.807) is 0 Å². The number of hydrogen-bond acceptors (Lipinski definition) is 4. The molecule has 2 aromatic rings. The molecule has 0 saturated carbocycles. The topological polar surface area (TPSA) is 35.6 Å². The Kier molecular flexibility index (Phi) is 4.22. The largest absolute Gasteiger partial charge is 0.384 e. The average Bonchev–Trinajstić information content (AvgIpc) is 3.11. The molecule has 1 saturated heterocycles. The number of nitrogens with zero attached hydrogens (tertiary/aromatic N) is 2. The molecule has 124 valence electrons. The van der Waals surface area contributed by atoms with Crippen LogP contribution in [-0.4, -0.2) is 50.0 Å². The van der Waals surface area contributed by atoms with Crippen molar-refractivity contribution in [2.45, 2.75) is 6.42 Å². The highest BCUT2D eigenvalue weighted by atomic mass is 16.1. The fourth-order valence-electron chi connectivity index (χ4n) is 3.58. The summed E-state index contributed by atoms with van der Waals surface area (Å²) in [7, 11) is 0.